The minimum Gasteiger partial charge on any atom is -0.337 e. The molecule has 1 N–H and O–H groups in total. The minimum atomic E-state index is 0. The third-order valence-corrected chi connectivity index (χ3v) is 4.92. The lowest BCUT2D eigenvalue weighted by Gasteiger charge is -2.34. The maximum Gasteiger partial charge on any atom is 0.226 e. The van der Waals surface area contributed by atoms with E-state index in [0.29, 0.717) is 23.8 Å². The Bertz CT molecular complexity index is 514. The van der Waals surface area contributed by atoms with E-state index in [1.165, 1.54) is 11.1 Å². The lowest BCUT2D eigenvalue weighted by atomic mass is 9.99. The number of hydrogen-bond acceptors (Lipinski definition) is 2. The summed E-state index contributed by atoms with van der Waals surface area (Å²) >= 11 is 0. The molecule has 2 unspecified atom stereocenters. The van der Waals surface area contributed by atoms with Gasteiger partial charge in [-0.2, -0.15) is 0 Å². The van der Waals surface area contributed by atoms with Crippen LogP contribution in [0, 0.1) is 5.92 Å². The van der Waals surface area contributed by atoms with E-state index in [4.69, 9.17) is 0 Å². The summed E-state index contributed by atoms with van der Waals surface area (Å²) in [5, 5.41) is 3.34. The molecule has 122 valence electrons. The van der Waals surface area contributed by atoms with Crippen LogP contribution in [-0.2, 0) is 4.79 Å². The fraction of sp³-hybridized carbons (Fsp3) is 0.611. The highest BCUT2D eigenvalue weighted by molar-refractivity contribution is 5.85. The van der Waals surface area contributed by atoms with Gasteiger partial charge in [0.1, 0.15) is 0 Å². The smallest absolute Gasteiger partial charge is 0.226 e. The predicted molar refractivity (Wildman–Crippen MR) is 92.7 cm³/mol. The molecule has 1 saturated carbocycles. The number of amides is 1. The van der Waals surface area contributed by atoms with Crippen LogP contribution < -0.4 is 5.32 Å². The van der Waals surface area contributed by atoms with E-state index in [1.54, 1.807) is 0 Å². The van der Waals surface area contributed by atoms with Crippen LogP contribution in [0.5, 0.6) is 0 Å². The Hall–Kier alpha value is -1.06. The summed E-state index contributed by atoms with van der Waals surface area (Å²) in [5.41, 5.74) is 2.71. The maximum atomic E-state index is 12.6. The molecule has 1 aromatic rings. The first-order chi connectivity index (χ1) is 10.1. The molecule has 0 bridgehead atoms. The van der Waals surface area contributed by atoms with Gasteiger partial charge in [-0.15, -0.1) is 12.4 Å². The summed E-state index contributed by atoms with van der Waals surface area (Å²) in [5.74, 6) is 1.59. The van der Waals surface area contributed by atoms with Crippen molar-refractivity contribution in [2.24, 2.45) is 5.92 Å². The Morgan fingerprint density at radius 1 is 1.27 bits per heavy atom. The molecule has 4 heteroatoms. The lowest BCUT2D eigenvalue weighted by Crippen LogP contribution is -2.52. The molecule has 3 nitrogen and oxygen atoms in total. The largest absolute Gasteiger partial charge is 0.337 e. The number of nitrogens with zero attached hydrogens (tertiary/aromatic N) is 1. The monoisotopic (exact) mass is 322 g/mol. The average molecular weight is 323 g/mol. The molecule has 3 atom stereocenters. The fourth-order valence-corrected chi connectivity index (χ4v) is 3.35. The van der Waals surface area contributed by atoms with Crippen LogP contribution in [-0.4, -0.2) is 36.5 Å². The Labute approximate surface area is 139 Å². The second-order valence-corrected chi connectivity index (χ2v) is 6.85. The van der Waals surface area contributed by atoms with Gasteiger partial charge in [-0.05, 0) is 36.3 Å². The van der Waals surface area contributed by atoms with Crippen LogP contribution in [0.3, 0.4) is 0 Å². The molecular formula is C18H27ClN2O. The number of carbonyl (C=O) groups is 1. The summed E-state index contributed by atoms with van der Waals surface area (Å²) in [6.45, 7) is 9.27. The van der Waals surface area contributed by atoms with Gasteiger partial charge >= 0.3 is 0 Å². The highest BCUT2D eigenvalue weighted by atomic mass is 35.5. The molecule has 0 aromatic heterocycles. The van der Waals surface area contributed by atoms with Crippen molar-refractivity contribution in [3.05, 3.63) is 35.4 Å². The van der Waals surface area contributed by atoms with Crippen molar-refractivity contribution in [2.45, 2.75) is 45.1 Å². The number of halogens is 1. The van der Waals surface area contributed by atoms with Crippen molar-refractivity contribution < 1.29 is 4.79 Å². The van der Waals surface area contributed by atoms with E-state index < -0.39 is 0 Å². The zero-order valence-electron chi connectivity index (χ0n) is 13.7. The summed E-state index contributed by atoms with van der Waals surface area (Å²) in [7, 11) is 0. The molecule has 2 fully saturated rings. The van der Waals surface area contributed by atoms with Crippen molar-refractivity contribution in [1.82, 2.24) is 10.2 Å². The highest BCUT2D eigenvalue weighted by Gasteiger charge is 2.46. The standard InChI is InChI=1S/C18H26N2O.ClH/c1-12(2)14-4-6-15(7-5-14)16-10-17(16)18(21)20-9-8-19-11-13(20)3;/h4-7,12-13,16-17,19H,8-11H2,1-3H3;1H/t13-,16?,17?;/m0./s1. The number of piperazine rings is 1. The van der Waals surface area contributed by atoms with Gasteiger partial charge in [-0.1, -0.05) is 38.1 Å². The van der Waals surface area contributed by atoms with Crippen LogP contribution in [0.4, 0.5) is 0 Å². The van der Waals surface area contributed by atoms with Gasteiger partial charge in [-0.25, -0.2) is 0 Å². The van der Waals surface area contributed by atoms with E-state index in [9.17, 15) is 4.79 Å². The normalized spacial score (nSPS) is 27.5. The minimum absolute atomic E-state index is 0. The third-order valence-electron chi connectivity index (χ3n) is 4.92. The summed E-state index contributed by atoms with van der Waals surface area (Å²) in [4.78, 5) is 14.7. The van der Waals surface area contributed by atoms with Crippen LogP contribution in [0.2, 0.25) is 0 Å². The number of benzene rings is 1. The number of rotatable bonds is 3. The van der Waals surface area contributed by atoms with Gasteiger partial charge < -0.3 is 10.2 Å². The second kappa shape index (κ2) is 7.01. The Kier molecular flexibility index (Phi) is 5.51. The van der Waals surface area contributed by atoms with E-state index in [2.05, 4.69) is 55.3 Å². The van der Waals surface area contributed by atoms with Crippen LogP contribution >= 0.6 is 12.4 Å². The van der Waals surface area contributed by atoms with Crippen molar-refractivity contribution in [1.29, 1.82) is 0 Å². The Balaban J connectivity index is 0.00000176. The summed E-state index contributed by atoms with van der Waals surface area (Å²) in [6, 6.07) is 9.19. The average Bonchev–Trinajstić information content (AvgIpc) is 3.27. The molecule has 1 aromatic carbocycles. The van der Waals surface area contributed by atoms with Gasteiger partial charge in [0.25, 0.3) is 0 Å². The van der Waals surface area contributed by atoms with Crippen molar-refractivity contribution in [3.8, 4) is 0 Å². The van der Waals surface area contributed by atoms with Crippen molar-refractivity contribution >= 4 is 18.3 Å². The number of hydrogen-bond donors (Lipinski definition) is 1. The van der Waals surface area contributed by atoms with Crippen LogP contribution in [0.25, 0.3) is 0 Å². The molecule has 1 amide bonds. The van der Waals surface area contributed by atoms with E-state index in [0.717, 1.165) is 26.1 Å². The topological polar surface area (TPSA) is 32.3 Å². The van der Waals surface area contributed by atoms with E-state index in [-0.39, 0.29) is 18.3 Å². The summed E-state index contributed by atoms with van der Waals surface area (Å²) < 4.78 is 0. The quantitative estimate of drug-likeness (QED) is 0.927. The molecule has 1 aliphatic carbocycles. The lowest BCUT2D eigenvalue weighted by molar-refractivity contribution is -0.135. The molecule has 1 aliphatic heterocycles. The zero-order valence-corrected chi connectivity index (χ0v) is 14.5. The molecule has 1 saturated heterocycles. The fourth-order valence-electron chi connectivity index (χ4n) is 3.35. The van der Waals surface area contributed by atoms with Gasteiger partial charge in [0.2, 0.25) is 5.91 Å². The zero-order chi connectivity index (χ0) is 15.0. The van der Waals surface area contributed by atoms with Gasteiger partial charge in [0, 0.05) is 31.6 Å². The first kappa shape index (κ1) is 17.3. The summed E-state index contributed by atoms with van der Waals surface area (Å²) in [6.07, 6.45) is 1.02. The third kappa shape index (κ3) is 3.47. The molecule has 1 heterocycles. The van der Waals surface area contributed by atoms with Gasteiger partial charge in [0.15, 0.2) is 0 Å². The first-order valence-corrected chi connectivity index (χ1v) is 8.19. The van der Waals surface area contributed by atoms with E-state index >= 15 is 0 Å². The van der Waals surface area contributed by atoms with E-state index in [1.807, 2.05) is 0 Å². The molecule has 3 rings (SSSR count). The molecule has 2 aliphatic rings. The van der Waals surface area contributed by atoms with Crippen LogP contribution in [0.1, 0.15) is 50.2 Å². The Morgan fingerprint density at radius 3 is 2.55 bits per heavy atom. The van der Waals surface area contributed by atoms with Gasteiger partial charge in [0.05, 0.1) is 0 Å². The molecular weight excluding hydrogens is 296 g/mol. The Morgan fingerprint density at radius 2 is 1.95 bits per heavy atom. The number of carbonyl (C=O) groups excluding carboxylic acids is 1. The number of nitrogens with one attached hydrogen (secondary N) is 1. The van der Waals surface area contributed by atoms with Crippen molar-refractivity contribution in [2.75, 3.05) is 19.6 Å². The molecule has 0 radical (unpaired) electrons. The molecule has 22 heavy (non-hydrogen) atoms. The highest BCUT2D eigenvalue weighted by Crippen LogP contribution is 2.48. The first-order valence-electron chi connectivity index (χ1n) is 8.19. The van der Waals surface area contributed by atoms with Crippen molar-refractivity contribution in [3.63, 3.8) is 0 Å². The predicted octanol–water partition coefficient (Wildman–Crippen LogP) is 3.16. The second-order valence-electron chi connectivity index (χ2n) is 6.85. The molecule has 0 spiro atoms. The van der Waals surface area contributed by atoms with Crippen LogP contribution in [0.15, 0.2) is 24.3 Å². The SMILES string of the molecule is CC(C)c1ccc(C2CC2C(=O)N2CCNC[C@@H]2C)cc1.Cl. The van der Waals surface area contributed by atoms with Gasteiger partial charge in [-0.3, -0.25) is 4.79 Å². The maximum absolute atomic E-state index is 12.6.